The molecule has 0 fully saturated rings. The van der Waals surface area contributed by atoms with Gasteiger partial charge in [0.1, 0.15) is 0 Å². The Balaban J connectivity index is 2.36. The zero-order chi connectivity index (χ0) is 14.3. The van der Waals surface area contributed by atoms with Crippen molar-refractivity contribution >= 4 is 5.91 Å². The summed E-state index contributed by atoms with van der Waals surface area (Å²) in [5.41, 5.74) is 1.27. The minimum atomic E-state index is -0.695. The highest BCUT2D eigenvalue weighted by Crippen LogP contribution is 2.12. The van der Waals surface area contributed by atoms with Crippen LogP contribution in [0.3, 0.4) is 0 Å². The third-order valence-electron chi connectivity index (χ3n) is 2.50. The van der Waals surface area contributed by atoms with Crippen LogP contribution in [0.4, 0.5) is 0 Å². The lowest BCUT2D eigenvalue weighted by molar-refractivity contribution is -0.120. The van der Waals surface area contributed by atoms with Crippen molar-refractivity contribution in [2.75, 3.05) is 13.1 Å². The van der Waals surface area contributed by atoms with Crippen molar-refractivity contribution < 1.29 is 9.90 Å². The van der Waals surface area contributed by atoms with Gasteiger partial charge in [0.05, 0.1) is 24.3 Å². The van der Waals surface area contributed by atoms with Crippen LogP contribution in [-0.2, 0) is 4.79 Å². The van der Waals surface area contributed by atoms with Gasteiger partial charge in [0, 0.05) is 12.6 Å². The number of nitrogens with one attached hydrogen (secondary N) is 2. The largest absolute Gasteiger partial charge is 0.387 e. The Morgan fingerprint density at radius 1 is 1.37 bits per heavy atom. The van der Waals surface area contributed by atoms with E-state index in [1.165, 1.54) is 0 Å². The average Bonchev–Trinajstić information content (AvgIpc) is 2.37. The molecule has 5 heteroatoms. The first kappa shape index (κ1) is 15.2. The second kappa shape index (κ2) is 7.52. The van der Waals surface area contributed by atoms with Crippen LogP contribution in [0, 0.1) is 11.3 Å². The molecule has 0 spiro atoms. The van der Waals surface area contributed by atoms with E-state index in [1.54, 1.807) is 24.3 Å². The van der Waals surface area contributed by atoms with Gasteiger partial charge in [-0.3, -0.25) is 4.79 Å². The summed E-state index contributed by atoms with van der Waals surface area (Å²) in [6, 6.07) is 8.86. The third kappa shape index (κ3) is 5.51. The Hall–Kier alpha value is -1.90. The maximum atomic E-state index is 11.4. The van der Waals surface area contributed by atoms with Crippen LogP contribution < -0.4 is 10.6 Å². The van der Waals surface area contributed by atoms with Crippen LogP contribution in [-0.4, -0.2) is 30.1 Å². The van der Waals surface area contributed by atoms with E-state index < -0.39 is 6.10 Å². The molecule has 0 aromatic heterocycles. The van der Waals surface area contributed by atoms with E-state index in [0.717, 1.165) is 5.56 Å². The van der Waals surface area contributed by atoms with Gasteiger partial charge in [-0.15, -0.1) is 0 Å². The van der Waals surface area contributed by atoms with Gasteiger partial charge < -0.3 is 15.7 Å². The summed E-state index contributed by atoms with van der Waals surface area (Å²) in [5.74, 6) is -0.0953. The zero-order valence-electron chi connectivity index (χ0n) is 11.2. The van der Waals surface area contributed by atoms with E-state index in [-0.39, 0.29) is 25.0 Å². The molecule has 0 saturated heterocycles. The number of aliphatic hydroxyl groups excluding tert-OH is 1. The molecule has 0 radical (unpaired) electrons. The molecular weight excluding hydrogens is 242 g/mol. The Morgan fingerprint density at radius 3 is 2.53 bits per heavy atom. The fourth-order valence-electron chi connectivity index (χ4n) is 1.59. The molecule has 19 heavy (non-hydrogen) atoms. The van der Waals surface area contributed by atoms with Gasteiger partial charge in [-0.05, 0) is 31.5 Å². The van der Waals surface area contributed by atoms with Crippen LogP contribution in [0.2, 0.25) is 0 Å². The second-order valence-corrected chi connectivity index (χ2v) is 4.60. The van der Waals surface area contributed by atoms with E-state index in [4.69, 9.17) is 5.26 Å². The van der Waals surface area contributed by atoms with E-state index >= 15 is 0 Å². The van der Waals surface area contributed by atoms with Gasteiger partial charge in [0.25, 0.3) is 0 Å². The average molecular weight is 261 g/mol. The predicted octanol–water partition coefficient (Wildman–Crippen LogP) is 0.706. The summed E-state index contributed by atoms with van der Waals surface area (Å²) < 4.78 is 0. The molecule has 3 N–H and O–H groups in total. The summed E-state index contributed by atoms with van der Waals surface area (Å²) in [5, 5.41) is 24.2. The van der Waals surface area contributed by atoms with Crippen molar-refractivity contribution in [3.63, 3.8) is 0 Å². The SMILES string of the molecule is CC(C)NC(=O)CNCC(O)c1ccc(C#N)cc1. The van der Waals surface area contributed by atoms with E-state index in [9.17, 15) is 9.90 Å². The van der Waals surface area contributed by atoms with Gasteiger partial charge in [-0.25, -0.2) is 0 Å². The molecule has 0 heterocycles. The third-order valence-corrected chi connectivity index (χ3v) is 2.50. The first-order valence-corrected chi connectivity index (χ1v) is 6.21. The maximum absolute atomic E-state index is 11.4. The van der Waals surface area contributed by atoms with Crippen LogP contribution >= 0.6 is 0 Å². The summed E-state index contributed by atoms with van der Waals surface area (Å²) in [7, 11) is 0. The Bertz CT molecular complexity index is 449. The van der Waals surface area contributed by atoms with Gasteiger partial charge in [0.15, 0.2) is 0 Å². The molecule has 1 amide bonds. The normalized spacial score (nSPS) is 11.9. The predicted molar refractivity (Wildman–Crippen MR) is 72.3 cm³/mol. The number of carbonyl (C=O) groups is 1. The number of hydrogen-bond donors (Lipinski definition) is 3. The number of nitriles is 1. The summed E-state index contributed by atoms with van der Waals surface area (Å²) in [4.78, 5) is 11.4. The smallest absolute Gasteiger partial charge is 0.234 e. The maximum Gasteiger partial charge on any atom is 0.234 e. The Morgan fingerprint density at radius 2 is 2.00 bits per heavy atom. The van der Waals surface area contributed by atoms with Crippen molar-refractivity contribution in [1.82, 2.24) is 10.6 Å². The summed E-state index contributed by atoms with van der Waals surface area (Å²) >= 11 is 0. The monoisotopic (exact) mass is 261 g/mol. The quantitative estimate of drug-likeness (QED) is 0.704. The fraction of sp³-hybridized carbons (Fsp3) is 0.429. The minimum Gasteiger partial charge on any atom is -0.387 e. The standard InChI is InChI=1S/C14H19N3O2/c1-10(2)17-14(19)9-16-8-13(18)12-5-3-11(7-15)4-6-12/h3-6,10,13,16,18H,8-9H2,1-2H3,(H,17,19). The molecule has 102 valence electrons. The first-order valence-electron chi connectivity index (χ1n) is 6.21. The van der Waals surface area contributed by atoms with Gasteiger partial charge >= 0.3 is 0 Å². The molecule has 1 unspecified atom stereocenters. The zero-order valence-corrected chi connectivity index (χ0v) is 11.2. The molecule has 0 aliphatic rings. The first-order chi connectivity index (χ1) is 9.02. The van der Waals surface area contributed by atoms with Crippen molar-refractivity contribution in [2.45, 2.75) is 26.0 Å². The minimum absolute atomic E-state index is 0.0953. The molecule has 5 nitrogen and oxygen atoms in total. The Kier molecular flexibility index (Phi) is 6.00. The van der Waals surface area contributed by atoms with Gasteiger partial charge in [-0.2, -0.15) is 5.26 Å². The highest BCUT2D eigenvalue weighted by atomic mass is 16.3. The molecular formula is C14H19N3O2. The molecule has 1 atom stereocenters. The number of carbonyl (C=O) groups excluding carboxylic acids is 1. The van der Waals surface area contributed by atoms with Gasteiger partial charge in [0.2, 0.25) is 5.91 Å². The topological polar surface area (TPSA) is 85.2 Å². The molecule has 1 rings (SSSR count). The number of hydrogen-bond acceptors (Lipinski definition) is 4. The van der Waals surface area contributed by atoms with Crippen molar-refractivity contribution in [2.24, 2.45) is 0 Å². The lowest BCUT2D eigenvalue weighted by Gasteiger charge is -2.13. The highest BCUT2D eigenvalue weighted by molar-refractivity contribution is 5.78. The molecule has 0 bridgehead atoms. The second-order valence-electron chi connectivity index (χ2n) is 4.60. The van der Waals surface area contributed by atoms with Crippen LogP contribution in [0.5, 0.6) is 0 Å². The Labute approximate surface area is 113 Å². The number of aliphatic hydroxyl groups is 1. The molecule has 1 aromatic rings. The van der Waals surface area contributed by atoms with Crippen LogP contribution in [0.1, 0.15) is 31.1 Å². The lowest BCUT2D eigenvalue weighted by Crippen LogP contribution is -2.38. The van der Waals surface area contributed by atoms with Crippen LogP contribution in [0.25, 0.3) is 0 Å². The number of rotatable bonds is 6. The molecule has 0 aliphatic heterocycles. The van der Waals surface area contributed by atoms with Crippen molar-refractivity contribution in [1.29, 1.82) is 5.26 Å². The van der Waals surface area contributed by atoms with Crippen molar-refractivity contribution in [3.05, 3.63) is 35.4 Å². The van der Waals surface area contributed by atoms with E-state index in [0.29, 0.717) is 5.56 Å². The van der Waals surface area contributed by atoms with Crippen LogP contribution in [0.15, 0.2) is 24.3 Å². The summed E-state index contributed by atoms with van der Waals surface area (Å²) in [6.07, 6.45) is -0.695. The van der Waals surface area contributed by atoms with Gasteiger partial charge in [-0.1, -0.05) is 12.1 Å². The molecule has 0 saturated carbocycles. The highest BCUT2D eigenvalue weighted by Gasteiger charge is 2.08. The van der Waals surface area contributed by atoms with Crippen molar-refractivity contribution in [3.8, 4) is 6.07 Å². The number of amides is 1. The summed E-state index contributed by atoms with van der Waals surface area (Å²) in [6.45, 7) is 4.25. The number of nitrogens with zero attached hydrogens (tertiary/aromatic N) is 1. The van der Waals surface area contributed by atoms with E-state index in [2.05, 4.69) is 10.6 Å². The lowest BCUT2D eigenvalue weighted by atomic mass is 10.1. The van der Waals surface area contributed by atoms with E-state index in [1.807, 2.05) is 19.9 Å². The molecule has 0 aliphatic carbocycles. The molecule has 1 aromatic carbocycles. The number of benzene rings is 1. The fourth-order valence-corrected chi connectivity index (χ4v) is 1.59.